The number of nitrogens with two attached hydrogens (primary N) is 1. The Balaban J connectivity index is 2.14. The van der Waals surface area contributed by atoms with Gasteiger partial charge >= 0.3 is 0 Å². The molecule has 0 spiro atoms. The topological polar surface area (TPSA) is 130 Å². The maximum Gasteiger partial charge on any atom is 0.256 e. The van der Waals surface area contributed by atoms with Gasteiger partial charge in [-0.15, -0.1) is 11.3 Å². The normalized spacial score (nSPS) is 10.0. The van der Waals surface area contributed by atoms with Crippen molar-refractivity contribution in [3.8, 4) is 6.07 Å². The van der Waals surface area contributed by atoms with Crippen LogP contribution in [0.3, 0.4) is 0 Å². The second-order valence-corrected chi connectivity index (χ2v) is 4.78. The molecule has 0 aliphatic rings. The van der Waals surface area contributed by atoms with Gasteiger partial charge in [0.05, 0.1) is 11.3 Å². The summed E-state index contributed by atoms with van der Waals surface area (Å²) in [5.74, 6) is 0.228. The van der Waals surface area contributed by atoms with Gasteiger partial charge in [0.1, 0.15) is 15.9 Å². The molecule has 0 saturated carbocycles. The molecule has 0 aromatic carbocycles. The van der Waals surface area contributed by atoms with E-state index in [-0.39, 0.29) is 11.6 Å². The minimum Gasteiger partial charge on any atom is -0.396 e. The molecular weight excluding hydrogens is 280 g/mol. The number of carbonyl (C=O) groups is 1. The van der Waals surface area contributed by atoms with Crippen molar-refractivity contribution < 1.29 is 9.32 Å². The third-order valence-corrected chi connectivity index (χ3v) is 3.61. The first-order chi connectivity index (χ1) is 9.67. The predicted molar refractivity (Wildman–Crippen MR) is 73.3 cm³/mol. The summed E-state index contributed by atoms with van der Waals surface area (Å²) in [7, 11) is 1.51. The summed E-state index contributed by atoms with van der Waals surface area (Å²) >= 11 is 1.14. The zero-order valence-corrected chi connectivity index (χ0v) is 11.5. The number of thiophene rings is 1. The van der Waals surface area contributed by atoms with Gasteiger partial charge < -0.3 is 20.9 Å². The number of amides is 1. The molecule has 0 radical (unpaired) electrons. The zero-order chi connectivity index (χ0) is 14.5. The van der Waals surface area contributed by atoms with Crippen LogP contribution in [0.5, 0.6) is 0 Å². The van der Waals surface area contributed by atoms with E-state index in [4.69, 9.17) is 11.0 Å². The van der Waals surface area contributed by atoms with Gasteiger partial charge in [-0.05, 0) is 0 Å². The lowest BCUT2D eigenvalue weighted by atomic mass is 10.2. The standard InChI is InChI=1S/C11H12N6O2S/c1-14-10(18)8-9(13)6(4-12)20-11(8)15-3-2-7-16-5-19-17-7/h5,15H,2-3,13H2,1H3,(H,14,18). The molecule has 20 heavy (non-hydrogen) atoms. The molecule has 0 unspecified atom stereocenters. The Bertz CT molecular complexity index is 643. The Kier molecular flexibility index (Phi) is 4.17. The van der Waals surface area contributed by atoms with Crippen LogP contribution in [0, 0.1) is 11.3 Å². The van der Waals surface area contributed by atoms with E-state index in [9.17, 15) is 4.79 Å². The van der Waals surface area contributed by atoms with Crippen molar-refractivity contribution in [3.63, 3.8) is 0 Å². The van der Waals surface area contributed by atoms with Crippen molar-refractivity contribution in [1.82, 2.24) is 15.5 Å². The first-order valence-electron chi connectivity index (χ1n) is 5.71. The minimum atomic E-state index is -0.331. The van der Waals surface area contributed by atoms with Crippen LogP contribution in [0.1, 0.15) is 21.1 Å². The lowest BCUT2D eigenvalue weighted by Crippen LogP contribution is -2.20. The van der Waals surface area contributed by atoms with Crippen LogP contribution >= 0.6 is 11.3 Å². The molecule has 0 aliphatic carbocycles. The Hall–Kier alpha value is -2.60. The van der Waals surface area contributed by atoms with Crippen LogP contribution in [-0.2, 0) is 6.42 Å². The summed E-state index contributed by atoms with van der Waals surface area (Å²) in [5.41, 5.74) is 6.29. The average molecular weight is 292 g/mol. The summed E-state index contributed by atoms with van der Waals surface area (Å²) in [6.45, 7) is 0.494. The monoisotopic (exact) mass is 292 g/mol. The van der Waals surface area contributed by atoms with Crippen LogP contribution < -0.4 is 16.4 Å². The summed E-state index contributed by atoms with van der Waals surface area (Å²) < 4.78 is 4.62. The fourth-order valence-corrected chi connectivity index (χ4v) is 2.53. The van der Waals surface area contributed by atoms with Crippen molar-refractivity contribution in [3.05, 3.63) is 22.7 Å². The quantitative estimate of drug-likeness (QED) is 0.735. The van der Waals surface area contributed by atoms with Gasteiger partial charge in [0, 0.05) is 20.0 Å². The fraction of sp³-hybridized carbons (Fsp3) is 0.273. The number of nitriles is 1. The minimum absolute atomic E-state index is 0.193. The highest BCUT2D eigenvalue weighted by Gasteiger charge is 2.21. The summed E-state index contributed by atoms with van der Waals surface area (Å²) in [5, 5.41) is 18.8. The van der Waals surface area contributed by atoms with E-state index in [1.165, 1.54) is 13.4 Å². The lowest BCUT2D eigenvalue weighted by Gasteiger charge is -2.05. The zero-order valence-electron chi connectivity index (χ0n) is 10.6. The Morgan fingerprint density at radius 3 is 3.05 bits per heavy atom. The van der Waals surface area contributed by atoms with E-state index in [0.29, 0.717) is 34.2 Å². The average Bonchev–Trinajstić information content (AvgIpc) is 3.06. The summed E-state index contributed by atoms with van der Waals surface area (Å²) in [6.07, 6.45) is 1.78. The number of hydrogen-bond acceptors (Lipinski definition) is 8. The summed E-state index contributed by atoms with van der Waals surface area (Å²) in [6, 6.07) is 1.97. The van der Waals surface area contributed by atoms with Gasteiger partial charge in [-0.2, -0.15) is 10.2 Å². The smallest absolute Gasteiger partial charge is 0.256 e. The molecule has 0 bridgehead atoms. The van der Waals surface area contributed by atoms with E-state index < -0.39 is 0 Å². The third-order valence-electron chi connectivity index (χ3n) is 2.54. The molecule has 0 atom stereocenters. The largest absolute Gasteiger partial charge is 0.396 e. The first kappa shape index (κ1) is 13.8. The number of aromatic nitrogens is 2. The maximum atomic E-state index is 11.8. The van der Waals surface area contributed by atoms with Crippen LogP contribution in [0.25, 0.3) is 0 Å². The molecular formula is C11H12N6O2S. The van der Waals surface area contributed by atoms with Gasteiger partial charge in [0.25, 0.3) is 5.91 Å². The molecule has 4 N–H and O–H groups in total. The number of carbonyl (C=O) groups excluding carboxylic acids is 1. The van der Waals surface area contributed by atoms with E-state index in [1.54, 1.807) is 0 Å². The fourth-order valence-electron chi connectivity index (χ4n) is 1.59. The molecule has 2 aromatic heterocycles. The van der Waals surface area contributed by atoms with Crippen molar-refractivity contribution in [1.29, 1.82) is 5.26 Å². The second kappa shape index (κ2) is 6.03. The predicted octanol–water partition coefficient (Wildman–Crippen LogP) is 0.599. The van der Waals surface area contributed by atoms with E-state index in [2.05, 4.69) is 25.3 Å². The SMILES string of the molecule is CNC(=O)c1c(NCCc2ncon2)sc(C#N)c1N. The van der Waals surface area contributed by atoms with Crippen molar-refractivity contribution in [2.45, 2.75) is 6.42 Å². The summed E-state index contributed by atoms with van der Waals surface area (Å²) in [4.78, 5) is 16.0. The number of nitrogens with one attached hydrogen (secondary N) is 2. The third kappa shape index (κ3) is 2.70. The van der Waals surface area contributed by atoms with Gasteiger partial charge in [-0.3, -0.25) is 4.79 Å². The molecule has 0 saturated heterocycles. The molecule has 0 fully saturated rings. The van der Waals surface area contributed by atoms with Gasteiger partial charge in [-0.25, -0.2) is 0 Å². The number of anilines is 2. The van der Waals surface area contributed by atoms with Crippen LogP contribution in [0.15, 0.2) is 10.9 Å². The van der Waals surface area contributed by atoms with Crippen molar-refractivity contribution in [2.24, 2.45) is 0 Å². The highest BCUT2D eigenvalue weighted by Crippen LogP contribution is 2.35. The maximum absolute atomic E-state index is 11.8. The number of rotatable bonds is 5. The van der Waals surface area contributed by atoms with E-state index >= 15 is 0 Å². The van der Waals surface area contributed by atoms with Gasteiger partial charge in [0.15, 0.2) is 5.82 Å². The molecule has 2 rings (SSSR count). The Morgan fingerprint density at radius 2 is 2.45 bits per heavy atom. The van der Waals surface area contributed by atoms with Crippen LogP contribution in [0.2, 0.25) is 0 Å². The number of nitrogens with zero attached hydrogens (tertiary/aromatic N) is 3. The molecule has 0 aliphatic heterocycles. The molecule has 104 valence electrons. The molecule has 9 heteroatoms. The first-order valence-corrected chi connectivity index (χ1v) is 6.52. The molecule has 1 amide bonds. The van der Waals surface area contributed by atoms with E-state index in [0.717, 1.165) is 11.3 Å². The highest BCUT2D eigenvalue weighted by atomic mass is 32.1. The Morgan fingerprint density at radius 1 is 1.65 bits per heavy atom. The van der Waals surface area contributed by atoms with Gasteiger partial charge in [-0.1, -0.05) is 5.16 Å². The molecule has 8 nitrogen and oxygen atoms in total. The highest BCUT2D eigenvalue weighted by molar-refractivity contribution is 7.17. The Labute approximate surface area is 118 Å². The van der Waals surface area contributed by atoms with Gasteiger partial charge in [0.2, 0.25) is 6.39 Å². The van der Waals surface area contributed by atoms with Crippen molar-refractivity contribution in [2.75, 3.05) is 24.6 Å². The van der Waals surface area contributed by atoms with Crippen LogP contribution in [-0.4, -0.2) is 29.6 Å². The number of nitrogen functional groups attached to an aromatic ring is 1. The number of hydrogen-bond donors (Lipinski definition) is 3. The van der Waals surface area contributed by atoms with Crippen molar-refractivity contribution >= 4 is 27.9 Å². The van der Waals surface area contributed by atoms with E-state index in [1.807, 2.05) is 6.07 Å². The molecule has 2 heterocycles. The lowest BCUT2D eigenvalue weighted by molar-refractivity contribution is 0.0965. The molecule has 2 aromatic rings. The van der Waals surface area contributed by atoms with Crippen LogP contribution in [0.4, 0.5) is 10.7 Å². The second-order valence-electron chi connectivity index (χ2n) is 3.76.